The van der Waals surface area contributed by atoms with Crippen molar-refractivity contribution in [2.75, 3.05) is 0 Å². The van der Waals surface area contributed by atoms with Gasteiger partial charge in [-0.15, -0.1) is 0 Å². The highest BCUT2D eigenvalue weighted by Crippen LogP contribution is 2.23. The molecule has 1 amide bonds. The molecule has 0 saturated heterocycles. The van der Waals surface area contributed by atoms with E-state index in [0.717, 1.165) is 34.6 Å². The Morgan fingerprint density at radius 2 is 1.89 bits per heavy atom. The zero-order valence-corrected chi connectivity index (χ0v) is 13.0. The smallest absolute Gasteiger partial charge is 0.252 e. The first-order valence-corrected chi connectivity index (χ1v) is 7.59. The summed E-state index contributed by atoms with van der Waals surface area (Å²) in [5.74, 6) is -0.0652. The Hall–Kier alpha value is -0.390. The van der Waals surface area contributed by atoms with Gasteiger partial charge < -0.3 is 10.4 Å². The molecule has 2 rings (SSSR count). The van der Waals surface area contributed by atoms with Gasteiger partial charge in [0.15, 0.2) is 0 Å². The maximum Gasteiger partial charge on any atom is 0.252 e. The molecule has 0 aliphatic heterocycles. The second kappa shape index (κ2) is 6.17. The second-order valence-electron chi connectivity index (χ2n) is 4.60. The Labute approximate surface area is 123 Å². The number of carbonyl (C=O) groups excluding carboxylic acids is 1. The molecule has 0 radical (unpaired) electrons. The largest absolute Gasteiger partial charge is 0.393 e. The van der Waals surface area contributed by atoms with Crippen LogP contribution in [0.5, 0.6) is 0 Å². The van der Waals surface area contributed by atoms with Gasteiger partial charge in [-0.25, -0.2) is 0 Å². The molecule has 1 aliphatic rings. The van der Waals surface area contributed by atoms with Crippen LogP contribution in [0.25, 0.3) is 0 Å². The third-order valence-electron chi connectivity index (χ3n) is 3.20. The van der Waals surface area contributed by atoms with Gasteiger partial charge in [-0.05, 0) is 59.8 Å². The Bertz CT molecular complexity index is 443. The number of benzene rings is 1. The van der Waals surface area contributed by atoms with Gasteiger partial charge in [-0.2, -0.15) is 0 Å². The molecule has 0 heterocycles. The van der Waals surface area contributed by atoms with Crippen LogP contribution in [0, 0.1) is 0 Å². The Morgan fingerprint density at radius 3 is 2.56 bits per heavy atom. The molecule has 18 heavy (non-hydrogen) atoms. The number of rotatable bonds is 2. The van der Waals surface area contributed by atoms with Crippen molar-refractivity contribution in [2.24, 2.45) is 0 Å². The zero-order chi connectivity index (χ0) is 13.1. The lowest BCUT2D eigenvalue weighted by molar-refractivity contribution is 0.0867. The summed E-state index contributed by atoms with van der Waals surface area (Å²) < 4.78 is 1.67. The van der Waals surface area contributed by atoms with Crippen LogP contribution in [0.2, 0.25) is 0 Å². The lowest BCUT2D eigenvalue weighted by Crippen LogP contribution is -2.38. The van der Waals surface area contributed by atoms with Gasteiger partial charge in [0.05, 0.1) is 11.7 Å². The van der Waals surface area contributed by atoms with Crippen molar-refractivity contribution in [3.05, 3.63) is 32.7 Å². The van der Waals surface area contributed by atoms with Gasteiger partial charge in [0.25, 0.3) is 5.91 Å². The van der Waals surface area contributed by atoms with E-state index < -0.39 is 0 Å². The van der Waals surface area contributed by atoms with Crippen molar-refractivity contribution < 1.29 is 9.90 Å². The molecule has 1 aliphatic carbocycles. The first-order valence-electron chi connectivity index (χ1n) is 6.00. The highest BCUT2D eigenvalue weighted by molar-refractivity contribution is 9.11. The summed E-state index contributed by atoms with van der Waals surface area (Å²) in [6, 6.07) is 5.71. The van der Waals surface area contributed by atoms with Gasteiger partial charge >= 0.3 is 0 Å². The van der Waals surface area contributed by atoms with E-state index in [2.05, 4.69) is 37.2 Å². The third-order valence-corrected chi connectivity index (χ3v) is 4.39. The minimum atomic E-state index is -0.198. The van der Waals surface area contributed by atoms with E-state index in [-0.39, 0.29) is 18.1 Å². The van der Waals surface area contributed by atoms with Gasteiger partial charge in [0.1, 0.15) is 0 Å². The maximum absolute atomic E-state index is 12.1. The summed E-state index contributed by atoms with van der Waals surface area (Å²) >= 11 is 6.75. The molecule has 1 aromatic rings. The van der Waals surface area contributed by atoms with E-state index in [4.69, 9.17) is 0 Å². The van der Waals surface area contributed by atoms with Crippen molar-refractivity contribution in [3.8, 4) is 0 Å². The average molecular weight is 377 g/mol. The number of aliphatic hydroxyl groups excluding tert-OH is 1. The van der Waals surface area contributed by atoms with E-state index in [1.165, 1.54) is 0 Å². The molecule has 5 heteroatoms. The minimum Gasteiger partial charge on any atom is -0.393 e. The van der Waals surface area contributed by atoms with Crippen LogP contribution < -0.4 is 5.32 Å². The predicted molar refractivity (Wildman–Crippen MR) is 77.6 cm³/mol. The Kier molecular flexibility index (Phi) is 4.81. The summed E-state index contributed by atoms with van der Waals surface area (Å²) in [6.45, 7) is 0. The van der Waals surface area contributed by atoms with Crippen molar-refractivity contribution >= 4 is 37.8 Å². The topological polar surface area (TPSA) is 49.3 Å². The van der Waals surface area contributed by atoms with Crippen LogP contribution in [-0.2, 0) is 0 Å². The number of carbonyl (C=O) groups is 1. The van der Waals surface area contributed by atoms with Crippen LogP contribution >= 0.6 is 31.9 Å². The van der Waals surface area contributed by atoms with Crippen molar-refractivity contribution in [3.63, 3.8) is 0 Å². The number of amides is 1. The first-order chi connectivity index (χ1) is 8.56. The number of hydrogen-bond donors (Lipinski definition) is 2. The lowest BCUT2D eigenvalue weighted by Gasteiger charge is -2.26. The van der Waals surface area contributed by atoms with Crippen LogP contribution in [0.4, 0.5) is 0 Å². The molecule has 1 aromatic carbocycles. The Balaban J connectivity index is 2.01. The fourth-order valence-corrected chi connectivity index (χ4v) is 2.94. The fourth-order valence-electron chi connectivity index (χ4n) is 2.15. The monoisotopic (exact) mass is 375 g/mol. The summed E-state index contributed by atoms with van der Waals surface area (Å²) in [4.78, 5) is 12.1. The third kappa shape index (κ3) is 3.56. The SMILES string of the molecule is O=C(NC1CCC(O)CC1)c1cc(Br)ccc1Br. The molecule has 0 atom stereocenters. The van der Waals surface area contributed by atoms with E-state index in [1.54, 1.807) is 6.07 Å². The van der Waals surface area contributed by atoms with Crippen molar-refractivity contribution in [1.82, 2.24) is 5.32 Å². The number of nitrogens with one attached hydrogen (secondary N) is 1. The molecule has 0 spiro atoms. The van der Waals surface area contributed by atoms with Gasteiger partial charge in [-0.3, -0.25) is 4.79 Å². The van der Waals surface area contributed by atoms with Crippen LogP contribution in [0.1, 0.15) is 36.0 Å². The molecule has 1 fully saturated rings. The minimum absolute atomic E-state index is 0.0652. The normalized spacial score (nSPS) is 23.7. The lowest BCUT2D eigenvalue weighted by atomic mass is 9.93. The van der Waals surface area contributed by atoms with Crippen molar-refractivity contribution in [1.29, 1.82) is 0 Å². The number of halogens is 2. The molecule has 3 nitrogen and oxygen atoms in total. The Morgan fingerprint density at radius 1 is 1.22 bits per heavy atom. The highest BCUT2D eigenvalue weighted by atomic mass is 79.9. The van der Waals surface area contributed by atoms with Crippen LogP contribution in [0.3, 0.4) is 0 Å². The molecular formula is C13H15Br2NO2. The molecule has 1 saturated carbocycles. The van der Waals surface area contributed by atoms with Gasteiger partial charge in [-0.1, -0.05) is 15.9 Å². The summed E-state index contributed by atoms with van der Waals surface area (Å²) in [7, 11) is 0. The van der Waals surface area contributed by atoms with Crippen molar-refractivity contribution in [2.45, 2.75) is 37.8 Å². The predicted octanol–water partition coefficient (Wildman–Crippen LogP) is 3.24. The van der Waals surface area contributed by atoms with Gasteiger partial charge in [0.2, 0.25) is 0 Å². The molecule has 98 valence electrons. The summed E-state index contributed by atoms with van der Waals surface area (Å²) in [6.07, 6.45) is 3.03. The van der Waals surface area contributed by atoms with E-state index in [0.29, 0.717) is 5.56 Å². The van der Waals surface area contributed by atoms with Crippen LogP contribution in [-0.4, -0.2) is 23.2 Å². The zero-order valence-electron chi connectivity index (χ0n) is 9.83. The summed E-state index contributed by atoms with van der Waals surface area (Å²) in [5, 5.41) is 12.5. The second-order valence-corrected chi connectivity index (χ2v) is 6.37. The summed E-state index contributed by atoms with van der Waals surface area (Å²) in [5.41, 5.74) is 0.635. The van der Waals surface area contributed by atoms with E-state index in [9.17, 15) is 9.90 Å². The quantitative estimate of drug-likeness (QED) is 0.832. The fraction of sp³-hybridized carbons (Fsp3) is 0.462. The average Bonchev–Trinajstić information content (AvgIpc) is 2.35. The molecular weight excluding hydrogens is 362 g/mol. The molecule has 0 unspecified atom stereocenters. The van der Waals surface area contributed by atoms with E-state index >= 15 is 0 Å². The molecule has 0 aromatic heterocycles. The van der Waals surface area contributed by atoms with Crippen LogP contribution in [0.15, 0.2) is 27.1 Å². The van der Waals surface area contributed by atoms with Gasteiger partial charge in [0, 0.05) is 15.0 Å². The molecule has 2 N–H and O–H groups in total. The van der Waals surface area contributed by atoms with E-state index in [1.807, 2.05) is 12.1 Å². The molecule has 0 bridgehead atoms. The maximum atomic E-state index is 12.1. The highest BCUT2D eigenvalue weighted by Gasteiger charge is 2.22. The number of hydrogen-bond acceptors (Lipinski definition) is 2. The number of aliphatic hydroxyl groups is 1. The standard InChI is InChI=1S/C13H15Br2NO2/c14-8-1-6-12(15)11(7-8)13(18)16-9-2-4-10(17)5-3-9/h1,6-7,9-10,17H,2-5H2,(H,16,18). The first kappa shape index (κ1) is 14.0.